The number of benzene rings is 2. The molecule has 0 saturated heterocycles. The summed E-state index contributed by atoms with van der Waals surface area (Å²) in [5, 5.41) is 18.6. The highest BCUT2D eigenvalue weighted by molar-refractivity contribution is 7.92. The van der Waals surface area contributed by atoms with Crippen LogP contribution in [0, 0.1) is 6.92 Å². The number of nitrogens with one attached hydrogen (secondary N) is 1. The second-order valence-corrected chi connectivity index (χ2v) is 6.58. The van der Waals surface area contributed by atoms with Gasteiger partial charge in [0.1, 0.15) is 4.90 Å². The van der Waals surface area contributed by atoms with E-state index in [4.69, 9.17) is 16.7 Å². The smallest absolute Gasteiger partial charge is 0.335 e. The highest BCUT2D eigenvalue weighted by Gasteiger charge is 2.20. The summed E-state index contributed by atoms with van der Waals surface area (Å²) in [6.45, 7) is 1.55. The molecular weight excluding hydrogens is 330 g/mol. The zero-order valence-corrected chi connectivity index (χ0v) is 12.9. The number of phenolic OH excluding ortho intramolecular Hbond substituents is 1. The van der Waals surface area contributed by atoms with Crippen LogP contribution < -0.4 is 4.72 Å². The first kappa shape index (κ1) is 16.1. The number of anilines is 1. The first-order valence-corrected chi connectivity index (χ1v) is 7.93. The van der Waals surface area contributed by atoms with Crippen LogP contribution in [0.25, 0.3) is 0 Å². The summed E-state index contributed by atoms with van der Waals surface area (Å²) >= 11 is 5.70. The molecule has 0 saturated carbocycles. The Balaban J connectivity index is 2.39. The maximum absolute atomic E-state index is 12.3. The summed E-state index contributed by atoms with van der Waals surface area (Å²) in [5.41, 5.74) is 0.665. The van der Waals surface area contributed by atoms with Crippen LogP contribution in [0.4, 0.5) is 5.69 Å². The van der Waals surface area contributed by atoms with Gasteiger partial charge in [-0.05, 0) is 42.8 Å². The van der Waals surface area contributed by atoms with E-state index in [1.54, 1.807) is 6.92 Å². The number of aryl methyl sites for hydroxylation is 1. The standard InChI is InChI=1S/C14H12ClNO5S/c1-8-7-9(5-6-10(8)14(18)19)16-22(20,21)12-4-2-3-11(15)13(12)17/h2-7,16-17H,1H3,(H,18,19). The molecule has 0 aliphatic heterocycles. The van der Waals surface area contributed by atoms with E-state index >= 15 is 0 Å². The quantitative estimate of drug-likeness (QED) is 0.793. The molecule has 2 aromatic rings. The fourth-order valence-corrected chi connectivity index (χ4v) is 3.29. The summed E-state index contributed by atoms with van der Waals surface area (Å²) in [4.78, 5) is 10.6. The lowest BCUT2D eigenvalue weighted by Crippen LogP contribution is -2.13. The van der Waals surface area contributed by atoms with Gasteiger partial charge in [0.05, 0.1) is 10.6 Å². The predicted octanol–water partition coefficient (Wildman–Crippen LogP) is 2.85. The number of carboxylic acid groups (broad SMARTS) is 1. The number of aromatic carboxylic acids is 1. The summed E-state index contributed by atoms with van der Waals surface area (Å²) in [6.07, 6.45) is 0. The molecule has 0 radical (unpaired) electrons. The van der Waals surface area contributed by atoms with Gasteiger partial charge < -0.3 is 10.2 Å². The van der Waals surface area contributed by atoms with Crippen LogP contribution in [0.3, 0.4) is 0 Å². The lowest BCUT2D eigenvalue weighted by molar-refractivity contribution is 0.0696. The van der Waals surface area contributed by atoms with E-state index in [-0.39, 0.29) is 21.2 Å². The van der Waals surface area contributed by atoms with Gasteiger partial charge in [-0.25, -0.2) is 13.2 Å². The van der Waals surface area contributed by atoms with Gasteiger partial charge in [-0.2, -0.15) is 0 Å². The van der Waals surface area contributed by atoms with E-state index in [1.807, 2.05) is 0 Å². The van der Waals surface area contributed by atoms with Gasteiger partial charge in [-0.1, -0.05) is 17.7 Å². The molecule has 0 bridgehead atoms. The lowest BCUT2D eigenvalue weighted by atomic mass is 10.1. The molecule has 0 spiro atoms. The molecule has 0 aliphatic rings. The summed E-state index contributed by atoms with van der Waals surface area (Å²) < 4.78 is 26.8. The Bertz CT molecular complexity index is 848. The van der Waals surface area contributed by atoms with E-state index < -0.39 is 21.7 Å². The SMILES string of the molecule is Cc1cc(NS(=O)(=O)c2cccc(Cl)c2O)ccc1C(=O)O. The molecule has 2 rings (SSSR count). The molecule has 0 aromatic heterocycles. The zero-order chi connectivity index (χ0) is 16.5. The average Bonchev–Trinajstić information content (AvgIpc) is 2.40. The van der Waals surface area contributed by atoms with Crippen molar-refractivity contribution >= 4 is 33.3 Å². The number of hydrogen-bond acceptors (Lipinski definition) is 4. The molecule has 8 heteroatoms. The van der Waals surface area contributed by atoms with Gasteiger partial charge in [-0.15, -0.1) is 0 Å². The second kappa shape index (κ2) is 5.86. The number of carbonyl (C=O) groups is 1. The maximum atomic E-state index is 12.3. The summed E-state index contributed by atoms with van der Waals surface area (Å²) in [7, 11) is -4.05. The highest BCUT2D eigenvalue weighted by Crippen LogP contribution is 2.31. The monoisotopic (exact) mass is 341 g/mol. The lowest BCUT2D eigenvalue weighted by Gasteiger charge is -2.11. The van der Waals surface area contributed by atoms with E-state index in [0.717, 1.165) is 0 Å². The van der Waals surface area contributed by atoms with Crippen LogP contribution in [-0.2, 0) is 10.0 Å². The van der Waals surface area contributed by atoms with Crippen molar-refractivity contribution in [2.45, 2.75) is 11.8 Å². The molecule has 2 aromatic carbocycles. The van der Waals surface area contributed by atoms with Crippen LogP contribution in [0.1, 0.15) is 15.9 Å². The summed E-state index contributed by atoms with van der Waals surface area (Å²) in [5.74, 6) is -1.64. The third kappa shape index (κ3) is 3.15. The van der Waals surface area contributed by atoms with Crippen molar-refractivity contribution in [1.29, 1.82) is 0 Å². The first-order chi connectivity index (χ1) is 10.2. The number of hydrogen-bond donors (Lipinski definition) is 3. The Morgan fingerprint density at radius 1 is 1.23 bits per heavy atom. The van der Waals surface area contributed by atoms with Gasteiger partial charge in [0.2, 0.25) is 0 Å². The third-order valence-electron chi connectivity index (χ3n) is 2.95. The minimum Gasteiger partial charge on any atom is -0.505 e. The molecule has 6 nitrogen and oxygen atoms in total. The number of phenols is 1. The van der Waals surface area contributed by atoms with Crippen molar-refractivity contribution in [3.8, 4) is 5.75 Å². The summed E-state index contributed by atoms with van der Waals surface area (Å²) in [6, 6.07) is 7.99. The van der Waals surface area contributed by atoms with Gasteiger partial charge in [0.25, 0.3) is 10.0 Å². The largest absolute Gasteiger partial charge is 0.505 e. The van der Waals surface area contributed by atoms with Crippen molar-refractivity contribution in [2.75, 3.05) is 4.72 Å². The average molecular weight is 342 g/mol. The molecule has 0 amide bonds. The van der Waals surface area contributed by atoms with Crippen LogP contribution >= 0.6 is 11.6 Å². The van der Waals surface area contributed by atoms with Gasteiger partial charge in [0.15, 0.2) is 5.75 Å². The molecule has 0 fully saturated rings. The Kier molecular flexibility index (Phi) is 4.30. The highest BCUT2D eigenvalue weighted by atomic mass is 35.5. The van der Waals surface area contributed by atoms with Gasteiger partial charge >= 0.3 is 5.97 Å². The van der Waals surface area contributed by atoms with Gasteiger partial charge in [-0.3, -0.25) is 4.72 Å². The molecule has 22 heavy (non-hydrogen) atoms. The third-order valence-corrected chi connectivity index (χ3v) is 4.67. The zero-order valence-electron chi connectivity index (χ0n) is 11.4. The molecule has 0 heterocycles. The van der Waals surface area contributed by atoms with Crippen molar-refractivity contribution in [1.82, 2.24) is 0 Å². The van der Waals surface area contributed by atoms with E-state index in [2.05, 4.69) is 4.72 Å². The van der Waals surface area contributed by atoms with Crippen molar-refractivity contribution in [2.24, 2.45) is 0 Å². The Morgan fingerprint density at radius 3 is 2.50 bits per heavy atom. The van der Waals surface area contributed by atoms with E-state index in [1.165, 1.54) is 36.4 Å². The molecule has 0 unspecified atom stereocenters. The first-order valence-electron chi connectivity index (χ1n) is 6.06. The minimum atomic E-state index is -4.05. The van der Waals surface area contributed by atoms with Crippen molar-refractivity contribution < 1.29 is 23.4 Å². The molecular formula is C14H12ClNO5S. The number of aromatic hydroxyl groups is 1. The molecule has 0 atom stereocenters. The molecule has 3 N–H and O–H groups in total. The Morgan fingerprint density at radius 2 is 1.91 bits per heavy atom. The normalized spacial score (nSPS) is 11.2. The maximum Gasteiger partial charge on any atom is 0.335 e. The molecule has 116 valence electrons. The number of para-hydroxylation sites is 1. The number of sulfonamides is 1. The van der Waals surface area contributed by atoms with Crippen LogP contribution in [-0.4, -0.2) is 24.6 Å². The predicted molar refractivity (Wildman–Crippen MR) is 82.1 cm³/mol. The van der Waals surface area contributed by atoms with E-state index in [9.17, 15) is 18.3 Å². The van der Waals surface area contributed by atoms with Crippen LogP contribution in [0.15, 0.2) is 41.3 Å². The minimum absolute atomic E-state index is 0.0774. The number of carboxylic acids is 1. The van der Waals surface area contributed by atoms with Crippen molar-refractivity contribution in [3.63, 3.8) is 0 Å². The van der Waals surface area contributed by atoms with Crippen LogP contribution in [0.2, 0.25) is 5.02 Å². The van der Waals surface area contributed by atoms with E-state index in [0.29, 0.717) is 5.56 Å². The fourth-order valence-electron chi connectivity index (χ4n) is 1.89. The topological polar surface area (TPSA) is 104 Å². The Hall–Kier alpha value is -2.25. The fraction of sp³-hybridized carbons (Fsp3) is 0.0714. The number of rotatable bonds is 4. The van der Waals surface area contributed by atoms with Gasteiger partial charge in [0, 0.05) is 5.69 Å². The molecule has 0 aliphatic carbocycles. The Labute approximate surface area is 132 Å². The number of halogens is 1. The van der Waals surface area contributed by atoms with Crippen molar-refractivity contribution in [3.05, 3.63) is 52.5 Å². The van der Waals surface area contributed by atoms with Crippen LogP contribution in [0.5, 0.6) is 5.75 Å². The second-order valence-electron chi connectivity index (χ2n) is 4.53.